The third-order valence-corrected chi connectivity index (χ3v) is 2.84. The van der Waals surface area contributed by atoms with Crippen LogP contribution in [0, 0.1) is 5.92 Å². The van der Waals surface area contributed by atoms with Gasteiger partial charge in [-0.3, -0.25) is 4.98 Å². The molecular formula is C14H21N3O3. The summed E-state index contributed by atoms with van der Waals surface area (Å²) >= 11 is 0. The second-order valence-electron chi connectivity index (χ2n) is 5.15. The van der Waals surface area contributed by atoms with Gasteiger partial charge < -0.3 is 15.7 Å². The highest BCUT2D eigenvalue weighted by atomic mass is 16.4. The molecule has 110 valence electrons. The summed E-state index contributed by atoms with van der Waals surface area (Å²) in [5.74, 6) is -0.838. The van der Waals surface area contributed by atoms with Crippen molar-refractivity contribution in [1.29, 1.82) is 0 Å². The Labute approximate surface area is 118 Å². The van der Waals surface area contributed by atoms with Crippen LogP contribution in [-0.2, 0) is 4.79 Å². The SMILES string of the molecule is CC(C)C[C@H](NC(=O)NC(C)c1cccnc1)C(=O)O. The van der Waals surface area contributed by atoms with Crippen LogP contribution in [0.3, 0.4) is 0 Å². The number of carbonyl (C=O) groups excluding carboxylic acids is 1. The van der Waals surface area contributed by atoms with Crippen LogP contribution in [0.4, 0.5) is 4.79 Å². The van der Waals surface area contributed by atoms with Gasteiger partial charge in [-0.2, -0.15) is 0 Å². The predicted molar refractivity (Wildman–Crippen MR) is 75.2 cm³/mol. The molecule has 1 heterocycles. The van der Waals surface area contributed by atoms with Gasteiger partial charge in [0.25, 0.3) is 0 Å². The van der Waals surface area contributed by atoms with Gasteiger partial charge in [-0.15, -0.1) is 0 Å². The highest BCUT2D eigenvalue weighted by Gasteiger charge is 2.21. The van der Waals surface area contributed by atoms with E-state index in [0.29, 0.717) is 6.42 Å². The molecule has 0 aliphatic heterocycles. The summed E-state index contributed by atoms with van der Waals surface area (Å²) in [4.78, 5) is 26.9. The molecule has 1 aromatic heterocycles. The van der Waals surface area contributed by atoms with E-state index in [2.05, 4.69) is 15.6 Å². The van der Waals surface area contributed by atoms with Crippen molar-refractivity contribution >= 4 is 12.0 Å². The quantitative estimate of drug-likeness (QED) is 0.742. The normalized spacial score (nSPS) is 13.6. The Bertz CT molecular complexity index is 448. The Hall–Kier alpha value is -2.11. The molecule has 0 saturated heterocycles. The van der Waals surface area contributed by atoms with Gasteiger partial charge in [0, 0.05) is 12.4 Å². The van der Waals surface area contributed by atoms with Crippen LogP contribution in [0.1, 0.15) is 38.8 Å². The summed E-state index contributed by atoms with van der Waals surface area (Å²) in [5.41, 5.74) is 0.860. The Morgan fingerprint density at radius 1 is 1.30 bits per heavy atom. The number of urea groups is 1. The highest BCUT2D eigenvalue weighted by molar-refractivity contribution is 5.82. The van der Waals surface area contributed by atoms with E-state index in [1.54, 1.807) is 18.5 Å². The Morgan fingerprint density at radius 3 is 2.50 bits per heavy atom. The maximum absolute atomic E-state index is 11.8. The van der Waals surface area contributed by atoms with Crippen LogP contribution >= 0.6 is 0 Å². The lowest BCUT2D eigenvalue weighted by Gasteiger charge is -2.19. The number of pyridine rings is 1. The van der Waals surface area contributed by atoms with E-state index in [-0.39, 0.29) is 12.0 Å². The standard InChI is InChI=1S/C14H21N3O3/c1-9(2)7-12(13(18)19)17-14(20)16-10(3)11-5-4-6-15-8-11/h4-6,8-10,12H,7H2,1-3H3,(H,18,19)(H2,16,17,20)/t10?,12-/m0/s1. The van der Waals surface area contributed by atoms with Crippen LogP contribution in [0.15, 0.2) is 24.5 Å². The van der Waals surface area contributed by atoms with E-state index in [4.69, 9.17) is 5.11 Å². The average Bonchev–Trinajstić information content (AvgIpc) is 2.38. The van der Waals surface area contributed by atoms with E-state index in [0.717, 1.165) is 5.56 Å². The Morgan fingerprint density at radius 2 is 2.00 bits per heavy atom. The third-order valence-electron chi connectivity index (χ3n) is 2.84. The van der Waals surface area contributed by atoms with Crippen molar-refractivity contribution in [2.24, 2.45) is 5.92 Å². The number of rotatable bonds is 6. The lowest BCUT2D eigenvalue weighted by atomic mass is 10.0. The number of aromatic nitrogens is 1. The van der Waals surface area contributed by atoms with Crippen LogP contribution in [0.25, 0.3) is 0 Å². The first kappa shape index (κ1) is 15.9. The Balaban J connectivity index is 2.55. The van der Waals surface area contributed by atoms with Crippen molar-refractivity contribution in [3.8, 4) is 0 Å². The topological polar surface area (TPSA) is 91.3 Å². The van der Waals surface area contributed by atoms with Crippen LogP contribution in [0.2, 0.25) is 0 Å². The van der Waals surface area contributed by atoms with Crippen LogP contribution < -0.4 is 10.6 Å². The van der Waals surface area contributed by atoms with E-state index in [9.17, 15) is 9.59 Å². The fourth-order valence-corrected chi connectivity index (χ4v) is 1.80. The number of amides is 2. The van der Waals surface area contributed by atoms with Crippen molar-refractivity contribution in [3.63, 3.8) is 0 Å². The van der Waals surface area contributed by atoms with Gasteiger partial charge in [-0.1, -0.05) is 19.9 Å². The largest absolute Gasteiger partial charge is 0.480 e. The van der Waals surface area contributed by atoms with Crippen molar-refractivity contribution in [1.82, 2.24) is 15.6 Å². The minimum Gasteiger partial charge on any atom is -0.480 e. The molecule has 20 heavy (non-hydrogen) atoms. The second kappa shape index (κ2) is 7.47. The summed E-state index contributed by atoms with van der Waals surface area (Å²) in [6, 6.07) is 2.02. The van der Waals surface area contributed by atoms with Crippen molar-refractivity contribution in [2.45, 2.75) is 39.3 Å². The van der Waals surface area contributed by atoms with Gasteiger partial charge in [-0.25, -0.2) is 9.59 Å². The second-order valence-corrected chi connectivity index (χ2v) is 5.15. The zero-order chi connectivity index (χ0) is 15.1. The van der Waals surface area contributed by atoms with E-state index < -0.39 is 18.0 Å². The van der Waals surface area contributed by atoms with Crippen molar-refractivity contribution in [3.05, 3.63) is 30.1 Å². The van der Waals surface area contributed by atoms with Gasteiger partial charge in [0.05, 0.1) is 6.04 Å². The third kappa shape index (κ3) is 5.26. The molecule has 1 rings (SSSR count). The van der Waals surface area contributed by atoms with Crippen LogP contribution in [-0.4, -0.2) is 28.1 Å². The monoisotopic (exact) mass is 279 g/mol. The molecule has 0 aromatic carbocycles. The summed E-state index contributed by atoms with van der Waals surface area (Å²) in [7, 11) is 0. The predicted octanol–water partition coefficient (Wildman–Crippen LogP) is 1.94. The van der Waals surface area contributed by atoms with Gasteiger partial charge in [0.15, 0.2) is 0 Å². The molecule has 3 N–H and O–H groups in total. The Kier molecular flexibility index (Phi) is 5.96. The number of nitrogens with zero attached hydrogens (tertiary/aromatic N) is 1. The van der Waals surface area contributed by atoms with Crippen molar-refractivity contribution in [2.75, 3.05) is 0 Å². The van der Waals surface area contributed by atoms with Gasteiger partial charge in [0.2, 0.25) is 0 Å². The van der Waals surface area contributed by atoms with E-state index in [1.165, 1.54) is 0 Å². The summed E-state index contributed by atoms with van der Waals surface area (Å²) < 4.78 is 0. The minimum absolute atomic E-state index is 0.187. The first-order chi connectivity index (χ1) is 9.40. The molecule has 2 atom stereocenters. The number of hydrogen-bond acceptors (Lipinski definition) is 3. The highest BCUT2D eigenvalue weighted by Crippen LogP contribution is 2.10. The number of hydrogen-bond donors (Lipinski definition) is 3. The first-order valence-corrected chi connectivity index (χ1v) is 6.60. The van der Waals surface area contributed by atoms with Gasteiger partial charge in [-0.05, 0) is 30.9 Å². The lowest BCUT2D eigenvalue weighted by Crippen LogP contribution is -2.47. The van der Waals surface area contributed by atoms with Crippen LogP contribution in [0.5, 0.6) is 0 Å². The van der Waals surface area contributed by atoms with Crippen molar-refractivity contribution < 1.29 is 14.7 Å². The molecule has 0 aliphatic rings. The van der Waals surface area contributed by atoms with E-state index in [1.807, 2.05) is 26.8 Å². The first-order valence-electron chi connectivity index (χ1n) is 6.60. The zero-order valence-electron chi connectivity index (χ0n) is 12.0. The smallest absolute Gasteiger partial charge is 0.326 e. The molecule has 6 heteroatoms. The average molecular weight is 279 g/mol. The minimum atomic E-state index is -1.03. The fraction of sp³-hybridized carbons (Fsp3) is 0.500. The molecule has 0 radical (unpaired) electrons. The molecule has 2 amide bonds. The van der Waals surface area contributed by atoms with Gasteiger partial charge >= 0.3 is 12.0 Å². The fourth-order valence-electron chi connectivity index (χ4n) is 1.80. The number of nitrogens with one attached hydrogen (secondary N) is 2. The molecular weight excluding hydrogens is 258 g/mol. The molecule has 0 spiro atoms. The molecule has 0 bridgehead atoms. The number of carboxylic acids is 1. The number of carbonyl (C=O) groups is 2. The number of aliphatic carboxylic acids is 1. The number of carboxylic acid groups (broad SMARTS) is 1. The van der Waals surface area contributed by atoms with E-state index >= 15 is 0 Å². The molecule has 1 aromatic rings. The molecule has 1 unspecified atom stereocenters. The summed E-state index contributed by atoms with van der Waals surface area (Å²) in [5, 5.41) is 14.2. The molecule has 0 saturated carbocycles. The summed E-state index contributed by atoms with van der Waals surface area (Å²) in [6.45, 7) is 5.64. The van der Waals surface area contributed by atoms with Gasteiger partial charge in [0.1, 0.15) is 6.04 Å². The maximum Gasteiger partial charge on any atom is 0.326 e. The maximum atomic E-state index is 11.8. The molecule has 0 aliphatic carbocycles. The summed E-state index contributed by atoms with van der Waals surface area (Å²) in [6.07, 6.45) is 3.71. The molecule has 6 nitrogen and oxygen atoms in total. The lowest BCUT2D eigenvalue weighted by molar-refractivity contribution is -0.139. The zero-order valence-corrected chi connectivity index (χ0v) is 12.0. The molecule has 0 fully saturated rings.